The number of ether oxygens (including phenoxy) is 2. The van der Waals surface area contributed by atoms with Crippen LogP contribution < -0.4 is 9.47 Å². The summed E-state index contributed by atoms with van der Waals surface area (Å²) in [5, 5.41) is 20.6. The van der Waals surface area contributed by atoms with Gasteiger partial charge in [-0.25, -0.2) is 0 Å². The second-order valence-corrected chi connectivity index (χ2v) is 4.68. The summed E-state index contributed by atoms with van der Waals surface area (Å²) in [6.07, 6.45) is -0.125. The number of likely N-dealkylation sites (tertiary alicyclic amines) is 1. The lowest BCUT2D eigenvalue weighted by Crippen LogP contribution is -2.30. The molecule has 21 heavy (non-hydrogen) atoms. The second kappa shape index (κ2) is 5.96. The molecule has 1 aliphatic heterocycles. The zero-order valence-corrected chi connectivity index (χ0v) is 11.7. The number of hydrogen-bond acceptors (Lipinski definition) is 6. The fraction of sp³-hybridized carbons (Fsp3) is 0.462. The second-order valence-electron chi connectivity index (χ2n) is 4.68. The molecule has 1 N–H and O–H groups in total. The predicted octanol–water partition coefficient (Wildman–Crippen LogP) is 0.819. The number of hydrogen-bond donors (Lipinski definition) is 1. The molecule has 0 radical (unpaired) electrons. The van der Waals surface area contributed by atoms with Gasteiger partial charge in [0.15, 0.2) is 11.5 Å². The highest BCUT2D eigenvalue weighted by atomic mass is 16.6. The molecule has 0 unspecified atom stereocenters. The molecule has 1 saturated heterocycles. The summed E-state index contributed by atoms with van der Waals surface area (Å²) in [5.41, 5.74) is -0.425. The molecule has 0 spiro atoms. The lowest BCUT2D eigenvalue weighted by Gasteiger charge is -2.17. The van der Waals surface area contributed by atoms with Crippen LogP contribution in [0.2, 0.25) is 0 Å². The van der Waals surface area contributed by atoms with Crippen LogP contribution in [0.1, 0.15) is 16.8 Å². The number of nitro benzene ring substituents is 1. The first kappa shape index (κ1) is 15.0. The summed E-state index contributed by atoms with van der Waals surface area (Å²) >= 11 is 0. The molecule has 1 aromatic rings. The number of benzene rings is 1. The van der Waals surface area contributed by atoms with Crippen LogP contribution in [0.25, 0.3) is 0 Å². The number of β-amino-alcohol motifs (C(OH)–C–C–N with tert-alkyl or cyclic N) is 1. The van der Waals surface area contributed by atoms with Crippen LogP contribution >= 0.6 is 0 Å². The van der Waals surface area contributed by atoms with Crippen LogP contribution in [-0.4, -0.2) is 54.3 Å². The molecule has 1 aliphatic rings. The summed E-state index contributed by atoms with van der Waals surface area (Å²) < 4.78 is 10.1. The highest BCUT2D eigenvalue weighted by molar-refractivity contribution is 5.99. The molecule has 1 aromatic carbocycles. The van der Waals surface area contributed by atoms with Gasteiger partial charge in [0, 0.05) is 19.2 Å². The van der Waals surface area contributed by atoms with E-state index in [1.807, 2.05) is 0 Å². The topological polar surface area (TPSA) is 102 Å². The third kappa shape index (κ3) is 2.89. The molecule has 8 heteroatoms. The summed E-state index contributed by atoms with van der Waals surface area (Å²) in [6.45, 7) is 0.538. The number of aliphatic hydroxyl groups excluding tert-OH is 1. The van der Waals surface area contributed by atoms with Crippen molar-refractivity contribution in [3.05, 3.63) is 27.8 Å². The van der Waals surface area contributed by atoms with Gasteiger partial charge in [0.1, 0.15) is 5.56 Å². The van der Waals surface area contributed by atoms with Crippen LogP contribution in [0, 0.1) is 10.1 Å². The van der Waals surface area contributed by atoms with Crippen LogP contribution in [0.3, 0.4) is 0 Å². The molecule has 1 atom stereocenters. The van der Waals surface area contributed by atoms with Crippen molar-refractivity contribution in [2.45, 2.75) is 12.5 Å². The Hall–Kier alpha value is -2.35. The maximum absolute atomic E-state index is 12.4. The molecule has 1 amide bonds. The van der Waals surface area contributed by atoms with Crippen molar-refractivity contribution in [1.29, 1.82) is 0 Å². The van der Waals surface area contributed by atoms with Gasteiger partial charge < -0.3 is 19.5 Å². The zero-order chi connectivity index (χ0) is 15.6. The van der Waals surface area contributed by atoms with Crippen molar-refractivity contribution in [1.82, 2.24) is 4.90 Å². The van der Waals surface area contributed by atoms with Crippen molar-refractivity contribution in [2.24, 2.45) is 0 Å². The third-order valence-corrected chi connectivity index (χ3v) is 3.38. The summed E-state index contributed by atoms with van der Waals surface area (Å²) in [7, 11) is 2.75. The van der Waals surface area contributed by atoms with Crippen molar-refractivity contribution in [2.75, 3.05) is 27.3 Å². The molecule has 0 bridgehead atoms. The minimum Gasteiger partial charge on any atom is -0.493 e. The number of carbonyl (C=O) groups is 1. The Morgan fingerprint density at radius 3 is 2.48 bits per heavy atom. The molecular weight excluding hydrogens is 280 g/mol. The van der Waals surface area contributed by atoms with E-state index in [-0.39, 0.29) is 29.3 Å². The summed E-state index contributed by atoms with van der Waals surface area (Å²) in [6, 6.07) is 2.46. The molecule has 1 heterocycles. The highest BCUT2D eigenvalue weighted by Crippen LogP contribution is 2.35. The SMILES string of the molecule is COc1cc(C(=O)N2CC[C@@H](O)C2)c([N+](=O)[O-])cc1OC. The van der Waals surface area contributed by atoms with E-state index in [2.05, 4.69) is 0 Å². The van der Waals surface area contributed by atoms with Crippen molar-refractivity contribution in [3.8, 4) is 11.5 Å². The van der Waals surface area contributed by atoms with Gasteiger partial charge in [0.05, 0.1) is 31.3 Å². The van der Waals surface area contributed by atoms with Crippen LogP contribution in [0.5, 0.6) is 11.5 Å². The van der Waals surface area contributed by atoms with Crippen LogP contribution in [-0.2, 0) is 0 Å². The minimum atomic E-state index is -0.637. The standard InChI is InChI=1S/C13H16N2O6/c1-20-11-5-9(10(15(18)19)6-12(11)21-2)13(17)14-4-3-8(16)7-14/h5-6,8,16H,3-4,7H2,1-2H3/t8-/m1/s1. The number of carbonyl (C=O) groups excluding carboxylic acids is 1. The van der Waals surface area contributed by atoms with Crippen LogP contribution in [0.15, 0.2) is 12.1 Å². The molecule has 0 aliphatic carbocycles. The fourth-order valence-electron chi connectivity index (χ4n) is 2.29. The van der Waals surface area contributed by atoms with Gasteiger partial charge in [0.25, 0.3) is 11.6 Å². The molecule has 0 aromatic heterocycles. The first-order valence-corrected chi connectivity index (χ1v) is 6.35. The predicted molar refractivity (Wildman–Crippen MR) is 72.7 cm³/mol. The average molecular weight is 296 g/mol. The van der Waals surface area contributed by atoms with E-state index in [9.17, 15) is 20.0 Å². The van der Waals surface area contributed by atoms with Gasteiger partial charge in [-0.1, -0.05) is 0 Å². The van der Waals surface area contributed by atoms with E-state index >= 15 is 0 Å². The summed E-state index contributed by atoms with van der Waals surface area (Å²) in [5.74, 6) is -0.0763. The van der Waals surface area contributed by atoms with Gasteiger partial charge in [-0.15, -0.1) is 0 Å². The number of amides is 1. The first-order chi connectivity index (χ1) is 9.97. The van der Waals surface area contributed by atoms with Gasteiger partial charge in [-0.2, -0.15) is 0 Å². The van der Waals surface area contributed by atoms with Gasteiger partial charge >= 0.3 is 0 Å². The quantitative estimate of drug-likeness (QED) is 0.652. The number of nitrogens with zero attached hydrogens (tertiary/aromatic N) is 2. The zero-order valence-electron chi connectivity index (χ0n) is 11.7. The largest absolute Gasteiger partial charge is 0.493 e. The van der Waals surface area contributed by atoms with E-state index < -0.39 is 16.9 Å². The Kier molecular flexibility index (Phi) is 4.27. The number of aliphatic hydroxyl groups is 1. The third-order valence-electron chi connectivity index (χ3n) is 3.38. The Morgan fingerprint density at radius 2 is 2.00 bits per heavy atom. The van der Waals surface area contributed by atoms with E-state index in [4.69, 9.17) is 9.47 Å². The molecule has 1 fully saturated rings. The lowest BCUT2D eigenvalue weighted by atomic mass is 10.1. The first-order valence-electron chi connectivity index (χ1n) is 6.35. The van der Waals surface area contributed by atoms with Crippen molar-refractivity contribution < 1.29 is 24.3 Å². The van der Waals surface area contributed by atoms with E-state index in [0.717, 1.165) is 0 Å². The number of rotatable bonds is 4. The molecule has 2 rings (SSSR count). The lowest BCUT2D eigenvalue weighted by molar-refractivity contribution is -0.385. The molecule has 8 nitrogen and oxygen atoms in total. The average Bonchev–Trinajstić information content (AvgIpc) is 2.91. The van der Waals surface area contributed by atoms with Crippen molar-refractivity contribution >= 4 is 11.6 Å². The van der Waals surface area contributed by atoms with E-state index in [1.54, 1.807) is 0 Å². The Morgan fingerprint density at radius 1 is 1.38 bits per heavy atom. The monoisotopic (exact) mass is 296 g/mol. The highest BCUT2D eigenvalue weighted by Gasteiger charge is 2.31. The maximum Gasteiger partial charge on any atom is 0.286 e. The molecule has 0 saturated carbocycles. The normalized spacial score (nSPS) is 17.7. The van der Waals surface area contributed by atoms with E-state index in [0.29, 0.717) is 13.0 Å². The smallest absolute Gasteiger partial charge is 0.286 e. The maximum atomic E-state index is 12.4. The van der Waals surface area contributed by atoms with Gasteiger partial charge in [0.2, 0.25) is 0 Å². The van der Waals surface area contributed by atoms with E-state index in [1.165, 1.54) is 31.3 Å². The van der Waals surface area contributed by atoms with Crippen LogP contribution in [0.4, 0.5) is 5.69 Å². The minimum absolute atomic E-state index is 0.0771. The summed E-state index contributed by atoms with van der Waals surface area (Å²) in [4.78, 5) is 24.3. The van der Waals surface area contributed by atoms with Gasteiger partial charge in [-0.05, 0) is 6.42 Å². The molecule has 114 valence electrons. The Balaban J connectivity index is 2.45. The Bertz CT molecular complexity index is 574. The molecular formula is C13H16N2O6. The van der Waals surface area contributed by atoms with Crippen molar-refractivity contribution in [3.63, 3.8) is 0 Å². The number of nitro groups is 1. The van der Waals surface area contributed by atoms with Gasteiger partial charge in [-0.3, -0.25) is 14.9 Å². The Labute approximate surface area is 121 Å². The fourth-order valence-corrected chi connectivity index (χ4v) is 2.29. The number of methoxy groups -OCH3 is 2.